The second-order valence-electron chi connectivity index (χ2n) is 6.07. The van der Waals surface area contributed by atoms with E-state index in [4.69, 9.17) is 4.74 Å². The van der Waals surface area contributed by atoms with Crippen molar-refractivity contribution in [3.05, 3.63) is 22.7 Å². The van der Waals surface area contributed by atoms with Crippen LogP contribution in [-0.2, 0) is 4.79 Å². The molecule has 2 saturated heterocycles. The standard InChI is InChI=1S/C16H21BrN2O2/c1-21-15-5-2-11(17)9-14(15)19-16(20)8-10-6-12-3-4-13(7-10)18-12/h2,5,9-10,12-13,18H,3-4,6-8H2,1H3,(H,19,20). The Hall–Kier alpha value is -1.07. The van der Waals surface area contributed by atoms with Crippen LogP contribution in [0.4, 0.5) is 5.69 Å². The van der Waals surface area contributed by atoms with Gasteiger partial charge in [-0.15, -0.1) is 0 Å². The van der Waals surface area contributed by atoms with Crippen LogP contribution >= 0.6 is 15.9 Å². The van der Waals surface area contributed by atoms with E-state index in [9.17, 15) is 4.79 Å². The first-order valence-corrected chi connectivity index (χ1v) is 8.33. The summed E-state index contributed by atoms with van der Waals surface area (Å²) in [6, 6.07) is 6.88. The smallest absolute Gasteiger partial charge is 0.224 e. The van der Waals surface area contributed by atoms with Crippen LogP contribution in [0.25, 0.3) is 0 Å². The van der Waals surface area contributed by atoms with Gasteiger partial charge < -0.3 is 15.4 Å². The molecule has 0 radical (unpaired) electrons. The molecule has 1 aromatic carbocycles. The summed E-state index contributed by atoms with van der Waals surface area (Å²) in [4.78, 5) is 12.3. The summed E-state index contributed by atoms with van der Waals surface area (Å²) in [5.74, 6) is 1.27. The van der Waals surface area contributed by atoms with Gasteiger partial charge in [-0.05, 0) is 49.8 Å². The zero-order valence-corrected chi connectivity index (χ0v) is 13.8. The molecule has 2 atom stereocenters. The molecule has 2 unspecified atom stereocenters. The van der Waals surface area contributed by atoms with Gasteiger partial charge in [0.15, 0.2) is 0 Å². The average Bonchev–Trinajstić information content (AvgIpc) is 2.78. The summed E-state index contributed by atoms with van der Waals surface area (Å²) in [5.41, 5.74) is 0.730. The molecule has 1 amide bonds. The number of halogens is 1. The second-order valence-corrected chi connectivity index (χ2v) is 6.99. The fourth-order valence-electron chi connectivity index (χ4n) is 3.58. The molecule has 4 nitrogen and oxygen atoms in total. The Kier molecular flexibility index (Phi) is 4.50. The lowest BCUT2D eigenvalue weighted by Crippen LogP contribution is -2.39. The van der Waals surface area contributed by atoms with Crippen molar-refractivity contribution < 1.29 is 9.53 Å². The third-order valence-corrected chi connectivity index (χ3v) is 4.97. The lowest BCUT2D eigenvalue weighted by Gasteiger charge is -2.28. The molecule has 2 aliphatic heterocycles. The van der Waals surface area contributed by atoms with Crippen molar-refractivity contribution in [2.24, 2.45) is 5.92 Å². The Morgan fingerprint density at radius 3 is 2.76 bits per heavy atom. The maximum absolute atomic E-state index is 12.3. The van der Waals surface area contributed by atoms with Crippen molar-refractivity contribution in [3.63, 3.8) is 0 Å². The molecule has 2 aliphatic rings. The minimum absolute atomic E-state index is 0.0812. The van der Waals surface area contributed by atoms with E-state index in [0.29, 0.717) is 30.2 Å². The molecule has 114 valence electrons. The highest BCUT2D eigenvalue weighted by atomic mass is 79.9. The summed E-state index contributed by atoms with van der Waals surface area (Å²) in [7, 11) is 1.61. The predicted octanol–water partition coefficient (Wildman–Crippen LogP) is 3.32. The van der Waals surface area contributed by atoms with Crippen molar-refractivity contribution in [1.29, 1.82) is 0 Å². The zero-order valence-electron chi connectivity index (χ0n) is 12.2. The first kappa shape index (κ1) is 14.9. The first-order chi connectivity index (χ1) is 10.1. The van der Waals surface area contributed by atoms with Crippen molar-refractivity contribution in [1.82, 2.24) is 5.32 Å². The molecule has 0 spiro atoms. The van der Waals surface area contributed by atoms with E-state index in [0.717, 1.165) is 23.0 Å². The highest BCUT2D eigenvalue weighted by molar-refractivity contribution is 9.10. The molecule has 2 heterocycles. The molecular formula is C16H21BrN2O2. The molecular weight excluding hydrogens is 332 g/mol. The van der Waals surface area contributed by atoms with E-state index in [-0.39, 0.29) is 5.91 Å². The van der Waals surface area contributed by atoms with Gasteiger partial charge in [-0.2, -0.15) is 0 Å². The Balaban J connectivity index is 1.60. The van der Waals surface area contributed by atoms with Gasteiger partial charge in [0.25, 0.3) is 0 Å². The van der Waals surface area contributed by atoms with E-state index >= 15 is 0 Å². The van der Waals surface area contributed by atoms with Gasteiger partial charge in [0.2, 0.25) is 5.91 Å². The lowest BCUT2D eigenvalue weighted by atomic mass is 9.89. The minimum atomic E-state index is 0.0812. The summed E-state index contributed by atoms with van der Waals surface area (Å²) >= 11 is 3.42. The Morgan fingerprint density at radius 2 is 2.10 bits per heavy atom. The number of hydrogen-bond donors (Lipinski definition) is 2. The molecule has 2 fully saturated rings. The fourth-order valence-corrected chi connectivity index (χ4v) is 3.94. The summed E-state index contributed by atoms with van der Waals surface area (Å²) < 4.78 is 6.22. The molecule has 5 heteroatoms. The Morgan fingerprint density at radius 1 is 1.38 bits per heavy atom. The molecule has 2 N–H and O–H groups in total. The molecule has 2 bridgehead atoms. The second kappa shape index (κ2) is 6.36. The van der Waals surface area contributed by atoms with Gasteiger partial charge in [0, 0.05) is 23.0 Å². The first-order valence-electron chi connectivity index (χ1n) is 7.53. The molecule has 0 aliphatic carbocycles. The number of nitrogens with one attached hydrogen (secondary N) is 2. The van der Waals surface area contributed by atoms with Gasteiger partial charge in [0.05, 0.1) is 12.8 Å². The van der Waals surface area contributed by atoms with Gasteiger partial charge in [-0.1, -0.05) is 15.9 Å². The Bertz CT molecular complexity index is 523. The number of carbonyl (C=O) groups is 1. The number of ether oxygens (including phenoxy) is 1. The van der Waals surface area contributed by atoms with Gasteiger partial charge >= 0.3 is 0 Å². The summed E-state index contributed by atoms with van der Waals surface area (Å²) in [6.07, 6.45) is 5.38. The maximum Gasteiger partial charge on any atom is 0.224 e. The van der Waals surface area contributed by atoms with Crippen molar-refractivity contribution in [3.8, 4) is 5.75 Å². The highest BCUT2D eigenvalue weighted by Gasteiger charge is 2.34. The van der Waals surface area contributed by atoms with Gasteiger partial charge in [0.1, 0.15) is 5.75 Å². The average molecular weight is 353 g/mol. The van der Waals surface area contributed by atoms with Crippen LogP contribution < -0.4 is 15.4 Å². The van der Waals surface area contributed by atoms with E-state index < -0.39 is 0 Å². The number of fused-ring (bicyclic) bond motifs is 2. The summed E-state index contributed by atoms with van der Waals surface area (Å²) in [5, 5.41) is 6.60. The Labute approximate surface area is 133 Å². The molecule has 3 rings (SSSR count). The van der Waals surface area contributed by atoms with Crippen LogP contribution in [0, 0.1) is 5.92 Å². The third-order valence-electron chi connectivity index (χ3n) is 4.48. The van der Waals surface area contributed by atoms with Crippen LogP contribution in [0.5, 0.6) is 5.75 Å². The van der Waals surface area contributed by atoms with E-state index in [2.05, 4.69) is 26.6 Å². The number of anilines is 1. The number of hydrogen-bond acceptors (Lipinski definition) is 3. The van der Waals surface area contributed by atoms with E-state index in [1.54, 1.807) is 7.11 Å². The predicted molar refractivity (Wildman–Crippen MR) is 86.6 cm³/mol. The molecule has 0 saturated carbocycles. The maximum atomic E-state index is 12.3. The van der Waals surface area contributed by atoms with Crippen molar-refractivity contribution >= 4 is 27.5 Å². The molecule has 0 aromatic heterocycles. The van der Waals surface area contributed by atoms with Crippen LogP contribution in [0.2, 0.25) is 0 Å². The number of rotatable bonds is 4. The summed E-state index contributed by atoms with van der Waals surface area (Å²) in [6.45, 7) is 0. The third kappa shape index (κ3) is 3.58. The number of benzene rings is 1. The highest BCUT2D eigenvalue weighted by Crippen LogP contribution is 2.33. The van der Waals surface area contributed by atoms with Crippen LogP contribution in [0.1, 0.15) is 32.1 Å². The number of piperidine rings is 1. The van der Waals surface area contributed by atoms with Crippen molar-refractivity contribution in [2.45, 2.75) is 44.2 Å². The molecule has 21 heavy (non-hydrogen) atoms. The van der Waals surface area contributed by atoms with Crippen LogP contribution in [0.3, 0.4) is 0 Å². The monoisotopic (exact) mass is 352 g/mol. The van der Waals surface area contributed by atoms with Crippen molar-refractivity contribution in [2.75, 3.05) is 12.4 Å². The lowest BCUT2D eigenvalue weighted by molar-refractivity contribution is -0.117. The topological polar surface area (TPSA) is 50.4 Å². The number of methoxy groups -OCH3 is 1. The van der Waals surface area contributed by atoms with Crippen LogP contribution in [0.15, 0.2) is 22.7 Å². The SMILES string of the molecule is COc1ccc(Br)cc1NC(=O)CC1CC2CCC(C1)N2. The van der Waals surface area contributed by atoms with Gasteiger partial charge in [-0.25, -0.2) is 0 Å². The van der Waals surface area contributed by atoms with Crippen LogP contribution in [-0.4, -0.2) is 25.1 Å². The normalized spacial score (nSPS) is 27.4. The quantitative estimate of drug-likeness (QED) is 0.873. The van der Waals surface area contributed by atoms with Gasteiger partial charge in [-0.3, -0.25) is 4.79 Å². The number of carbonyl (C=O) groups excluding carboxylic acids is 1. The zero-order chi connectivity index (χ0) is 14.8. The number of amides is 1. The fraction of sp³-hybridized carbons (Fsp3) is 0.562. The van der Waals surface area contributed by atoms with E-state index in [1.807, 2.05) is 18.2 Å². The van der Waals surface area contributed by atoms with E-state index in [1.165, 1.54) is 12.8 Å². The molecule has 1 aromatic rings. The largest absolute Gasteiger partial charge is 0.495 e. The minimum Gasteiger partial charge on any atom is -0.495 e.